The van der Waals surface area contributed by atoms with Crippen molar-refractivity contribution in [2.24, 2.45) is 0 Å². The summed E-state index contributed by atoms with van der Waals surface area (Å²) in [5.74, 6) is 0.421. The van der Waals surface area contributed by atoms with Gasteiger partial charge in [-0.1, -0.05) is 18.2 Å². The zero-order valence-corrected chi connectivity index (χ0v) is 8.51. The Morgan fingerprint density at radius 1 is 1.06 bits per heavy atom. The van der Waals surface area contributed by atoms with Crippen LogP contribution in [0.15, 0.2) is 36.4 Å². The third-order valence-electron chi connectivity index (χ3n) is 2.39. The van der Waals surface area contributed by atoms with Gasteiger partial charge in [-0.2, -0.15) is 13.2 Å². The summed E-state index contributed by atoms with van der Waals surface area (Å²) in [6.45, 7) is 0. The van der Waals surface area contributed by atoms with Gasteiger partial charge in [0.05, 0.1) is 12.7 Å². The molecule has 0 unspecified atom stereocenters. The van der Waals surface area contributed by atoms with Crippen LogP contribution in [0.25, 0.3) is 10.8 Å². The predicted octanol–water partition coefficient (Wildman–Crippen LogP) is 3.87. The second-order valence-corrected chi connectivity index (χ2v) is 3.39. The molecule has 0 bridgehead atoms. The number of rotatable bonds is 1. The summed E-state index contributed by atoms with van der Waals surface area (Å²) in [5.41, 5.74) is -0.635. The largest absolute Gasteiger partial charge is 0.497 e. The van der Waals surface area contributed by atoms with E-state index in [4.69, 9.17) is 4.74 Å². The van der Waals surface area contributed by atoms with E-state index in [0.29, 0.717) is 11.1 Å². The van der Waals surface area contributed by atoms with Crippen LogP contribution in [0.5, 0.6) is 5.75 Å². The second kappa shape index (κ2) is 3.70. The highest BCUT2D eigenvalue weighted by Crippen LogP contribution is 2.35. The third kappa shape index (κ3) is 1.83. The molecule has 0 radical (unpaired) electrons. The van der Waals surface area contributed by atoms with Gasteiger partial charge >= 0.3 is 6.18 Å². The van der Waals surface area contributed by atoms with Crippen LogP contribution >= 0.6 is 0 Å². The van der Waals surface area contributed by atoms with E-state index < -0.39 is 11.7 Å². The van der Waals surface area contributed by atoms with Gasteiger partial charge in [-0.15, -0.1) is 0 Å². The van der Waals surface area contributed by atoms with Crippen molar-refractivity contribution >= 4 is 10.8 Å². The van der Waals surface area contributed by atoms with Crippen molar-refractivity contribution in [1.29, 1.82) is 0 Å². The van der Waals surface area contributed by atoms with E-state index in [1.54, 1.807) is 18.2 Å². The van der Waals surface area contributed by atoms with Crippen molar-refractivity contribution in [3.8, 4) is 5.75 Å². The number of benzene rings is 2. The molecule has 0 heterocycles. The Morgan fingerprint density at radius 2 is 1.81 bits per heavy atom. The monoisotopic (exact) mass is 226 g/mol. The Balaban J connectivity index is 2.74. The van der Waals surface area contributed by atoms with E-state index in [-0.39, 0.29) is 5.39 Å². The molecule has 0 aliphatic carbocycles. The Bertz CT molecular complexity index is 517. The number of fused-ring (bicyclic) bond motifs is 1. The Hall–Kier alpha value is -1.71. The zero-order chi connectivity index (χ0) is 11.8. The summed E-state index contributed by atoms with van der Waals surface area (Å²) in [6.07, 6.45) is -4.34. The van der Waals surface area contributed by atoms with Gasteiger partial charge in [0.2, 0.25) is 0 Å². The van der Waals surface area contributed by atoms with Crippen molar-refractivity contribution in [1.82, 2.24) is 0 Å². The highest BCUT2D eigenvalue weighted by Gasteiger charge is 2.32. The smallest absolute Gasteiger partial charge is 0.417 e. The van der Waals surface area contributed by atoms with Gasteiger partial charge < -0.3 is 4.74 Å². The van der Waals surface area contributed by atoms with Crippen LogP contribution in [0.4, 0.5) is 13.2 Å². The minimum Gasteiger partial charge on any atom is -0.497 e. The highest BCUT2D eigenvalue weighted by molar-refractivity contribution is 5.87. The van der Waals surface area contributed by atoms with Crippen molar-refractivity contribution in [3.63, 3.8) is 0 Å². The molecule has 0 saturated carbocycles. The Morgan fingerprint density at radius 3 is 2.44 bits per heavy atom. The van der Waals surface area contributed by atoms with Gasteiger partial charge in [0.15, 0.2) is 0 Å². The van der Waals surface area contributed by atoms with Gasteiger partial charge in [-0.3, -0.25) is 0 Å². The normalized spacial score (nSPS) is 11.8. The fourth-order valence-corrected chi connectivity index (χ4v) is 1.63. The lowest BCUT2D eigenvalue weighted by Crippen LogP contribution is -2.05. The van der Waals surface area contributed by atoms with Crippen molar-refractivity contribution in [2.45, 2.75) is 6.18 Å². The molecular weight excluding hydrogens is 217 g/mol. The van der Waals surface area contributed by atoms with Crippen molar-refractivity contribution < 1.29 is 17.9 Å². The van der Waals surface area contributed by atoms with Gasteiger partial charge in [0.1, 0.15) is 5.75 Å². The zero-order valence-electron chi connectivity index (χ0n) is 8.51. The van der Waals surface area contributed by atoms with Gasteiger partial charge in [0.25, 0.3) is 0 Å². The highest BCUT2D eigenvalue weighted by atomic mass is 19.4. The van der Waals surface area contributed by atoms with Crippen LogP contribution in [0.3, 0.4) is 0 Å². The van der Waals surface area contributed by atoms with Gasteiger partial charge in [0, 0.05) is 0 Å². The van der Waals surface area contributed by atoms with E-state index in [0.717, 1.165) is 6.07 Å². The number of methoxy groups -OCH3 is 1. The molecule has 0 amide bonds. The lowest BCUT2D eigenvalue weighted by molar-refractivity contribution is -0.136. The number of hydrogen-bond acceptors (Lipinski definition) is 1. The first-order valence-corrected chi connectivity index (χ1v) is 4.66. The van der Waals surface area contributed by atoms with Crippen molar-refractivity contribution in [3.05, 3.63) is 42.0 Å². The second-order valence-electron chi connectivity index (χ2n) is 3.39. The summed E-state index contributed by atoms with van der Waals surface area (Å²) < 4.78 is 43.1. The molecule has 0 spiro atoms. The fourth-order valence-electron chi connectivity index (χ4n) is 1.63. The van der Waals surface area contributed by atoms with Crippen LogP contribution in [-0.2, 0) is 6.18 Å². The van der Waals surface area contributed by atoms with Crippen LogP contribution in [0.2, 0.25) is 0 Å². The van der Waals surface area contributed by atoms with Crippen LogP contribution in [0, 0.1) is 0 Å². The Kier molecular flexibility index (Phi) is 2.50. The SMILES string of the molecule is COc1ccc2cccc(C(F)(F)F)c2c1. The number of hydrogen-bond donors (Lipinski definition) is 0. The van der Waals surface area contributed by atoms with Crippen LogP contribution < -0.4 is 4.74 Å². The molecule has 4 heteroatoms. The molecule has 84 valence electrons. The lowest BCUT2D eigenvalue weighted by Gasteiger charge is -2.11. The molecule has 0 fully saturated rings. The minimum absolute atomic E-state index is 0.161. The molecule has 0 aromatic heterocycles. The minimum atomic E-state index is -4.34. The first-order chi connectivity index (χ1) is 7.52. The molecule has 0 aliphatic rings. The number of alkyl halides is 3. The van der Waals surface area contributed by atoms with Gasteiger partial charge in [-0.05, 0) is 29.0 Å². The number of halogens is 3. The average molecular weight is 226 g/mol. The first-order valence-electron chi connectivity index (χ1n) is 4.66. The maximum Gasteiger partial charge on any atom is 0.417 e. The van der Waals surface area contributed by atoms with E-state index in [2.05, 4.69) is 0 Å². The maximum absolute atomic E-state index is 12.7. The third-order valence-corrected chi connectivity index (χ3v) is 2.39. The summed E-state index contributed by atoms with van der Waals surface area (Å²) in [4.78, 5) is 0. The molecule has 2 rings (SSSR count). The topological polar surface area (TPSA) is 9.23 Å². The molecule has 0 atom stereocenters. The summed E-state index contributed by atoms with van der Waals surface area (Å²) in [5, 5.41) is 0.713. The van der Waals surface area contributed by atoms with Crippen LogP contribution in [0.1, 0.15) is 5.56 Å². The molecular formula is C12H9F3O. The summed E-state index contributed by atoms with van der Waals surface area (Å²) >= 11 is 0. The summed E-state index contributed by atoms with van der Waals surface area (Å²) in [7, 11) is 1.43. The standard InChI is InChI=1S/C12H9F3O/c1-16-9-6-5-8-3-2-4-11(10(8)7-9)12(13,14)15/h2-7H,1H3. The molecule has 2 aromatic carbocycles. The quantitative estimate of drug-likeness (QED) is 0.717. The van der Waals surface area contributed by atoms with E-state index in [1.165, 1.54) is 19.2 Å². The van der Waals surface area contributed by atoms with Gasteiger partial charge in [-0.25, -0.2) is 0 Å². The average Bonchev–Trinajstić information content (AvgIpc) is 2.26. The van der Waals surface area contributed by atoms with Crippen molar-refractivity contribution in [2.75, 3.05) is 7.11 Å². The molecule has 0 N–H and O–H groups in total. The van der Waals surface area contributed by atoms with E-state index >= 15 is 0 Å². The van der Waals surface area contributed by atoms with E-state index in [1.807, 2.05) is 0 Å². The van der Waals surface area contributed by atoms with E-state index in [9.17, 15) is 13.2 Å². The molecule has 0 saturated heterocycles. The molecule has 0 aliphatic heterocycles. The molecule has 2 aromatic rings. The number of ether oxygens (including phenoxy) is 1. The molecule has 1 nitrogen and oxygen atoms in total. The predicted molar refractivity (Wildman–Crippen MR) is 55.5 cm³/mol. The first kappa shape index (κ1) is 10.8. The summed E-state index contributed by atoms with van der Waals surface area (Å²) in [6, 6.07) is 8.77. The van der Waals surface area contributed by atoms with Crippen LogP contribution in [-0.4, -0.2) is 7.11 Å². The lowest BCUT2D eigenvalue weighted by atomic mass is 10.0. The fraction of sp³-hybridized carbons (Fsp3) is 0.167. The molecule has 16 heavy (non-hydrogen) atoms. The Labute approximate surface area is 90.5 Å². The maximum atomic E-state index is 12.7.